The van der Waals surface area contributed by atoms with Crippen molar-refractivity contribution in [2.75, 3.05) is 0 Å². The number of rotatable bonds is 8. The number of benzene rings is 4. The second kappa shape index (κ2) is 12.8. The van der Waals surface area contributed by atoms with Crippen molar-refractivity contribution >= 4 is 89.6 Å². The number of amides is 2. The number of hydrogen-bond donors (Lipinski definition) is 2. The molecular formula is C26H16Cl4N4O6S2. The summed E-state index contributed by atoms with van der Waals surface area (Å²) in [5, 5.41) is 8.26. The van der Waals surface area contributed by atoms with Gasteiger partial charge in [0.2, 0.25) is 0 Å². The first-order chi connectivity index (χ1) is 19.7. The quantitative estimate of drug-likeness (QED) is 0.192. The molecule has 0 spiro atoms. The van der Waals surface area contributed by atoms with Crippen LogP contribution < -0.4 is 9.44 Å². The lowest BCUT2D eigenvalue weighted by Crippen LogP contribution is -2.30. The average molecular weight is 686 g/mol. The summed E-state index contributed by atoms with van der Waals surface area (Å²) in [7, 11) is -9.12. The van der Waals surface area contributed by atoms with Crippen molar-refractivity contribution in [1.82, 2.24) is 9.44 Å². The molecule has 4 rings (SSSR count). The number of azo groups is 1. The van der Waals surface area contributed by atoms with Crippen molar-refractivity contribution in [3.63, 3.8) is 0 Å². The topological polar surface area (TPSA) is 151 Å². The number of sulfonamides is 2. The number of carbonyl (C=O) groups excluding carboxylic acids is 2. The van der Waals surface area contributed by atoms with Crippen LogP contribution in [0.25, 0.3) is 0 Å². The van der Waals surface area contributed by atoms with E-state index >= 15 is 0 Å². The Morgan fingerprint density at radius 2 is 0.881 bits per heavy atom. The first-order valence-electron chi connectivity index (χ1n) is 11.4. The standard InChI is InChI=1S/C26H16Cl4N4O6S2/c27-17-5-1-3-15(11-17)25(35)33-41(37,38)23-13-19(29)7-9-21(23)31-32-22-10-8-20(30)14-24(22)42(39,40)34-26(36)16-4-2-6-18(28)12-16/h1-14H,(H,33,35)(H,34,36). The molecule has 0 bridgehead atoms. The Morgan fingerprint density at radius 1 is 0.524 bits per heavy atom. The maximum Gasteiger partial charge on any atom is 0.266 e. The van der Waals surface area contributed by atoms with Crippen molar-refractivity contribution in [1.29, 1.82) is 0 Å². The molecule has 0 aliphatic carbocycles. The van der Waals surface area contributed by atoms with Crippen LogP contribution >= 0.6 is 46.4 Å². The summed E-state index contributed by atoms with van der Waals surface area (Å²) in [6, 6.07) is 18.4. The predicted molar refractivity (Wildman–Crippen MR) is 159 cm³/mol. The molecule has 4 aromatic carbocycles. The molecule has 4 aromatic rings. The van der Waals surface area contributed by atoms with E-state index in [4.69, 9.17) is 46.4 Å². The second-order valence-corrected chi connectivity index (χ2v) is 13.4. The lowest BCUT2D eigenvalue weighted by atomic mass is 10.2. The van der Waals surface area contributed by atoms with Gasteiger partial charge in [0.1, 0.15) is 21.2 Å². The first-order valence-corrected chi connectivity index (χ1v) is 15.9. The van der Waals surface area contributed by atoms with Crippen LogP contribution in [-0.2, 0) is 20.0 Å². The van der Waals surface area contributed by atoms with E-state index in [0.29, 0.717) is 0 Å². The summed E-state index contributed by atoms with van der Waals surface area (Å²) >= 11 is 23.8. The smallest absolute Gasteiger partial charge is 0.266 e. The van der Waals surface area contributed by atoms with E-state index in [0.717, 1.165) is 12.1 Å². The molecule has 2 N–H and O–H groups in total. The highest BCUT2D eigenvalue weighted by Crippen LogP contribution is 2.33. The molecule has 0 radical (unpaired) electrons. The fourth-order valence-corrected chi connectivity index (χ4v) is 6.54. The number of carbonyl (C=O) groups is 2. The molecule has 0 aliphatic rings. The predicted octanol–water partition coefficient (Wildman–Crippen LogP) is 6.95. The van der Waals surface area contributed by atoms with Crippen LogP contribution in [-0.4, -0.2) is 28.6 Å². The van der Waals surface area contributed by atoms with Gasteiger partial charge in [0.05, 0.1) is 0 Å². The van der Waals surface area contributed by atoms with Gasteiger partial charge in [-0.1, -0.05) is 58.5 Å². The van der Waals surface area contributed by atoms with E-state index in [1.807, 2.05) is 9.44 Å². The molecule has 0 saturated heterocycles. The van der Waals surface area contributed by atoms with E-state index < -0.39 is 41.7 Å². The van der Waals surface area contributed by atoms with Crippen LogP contribution in [0.1, 0.15) is 20.7 Å². The lowest BCUT2D eigenvalue weighted by molar-refractivity contribution is 0.0972. The largest absolute Gasteiger partial charge is 0.268 e. The van der Waals surface area contributed by atoms with Gasteiger partial charge in [-0.25, -0.2) is 26.3 Å². The minimum absolute atomic E-state index is 0.00279. The zero-order valence-corrected chi connectivity index (χ0v) is 25.4. The number of halogens is 4. The summed E-state index contributed by atoms with van der Waals surface area (Å²) in [4.78, 5) is 24.1. The summed E-state index contributed by atoms with van der Waals surface area (Å²) in [5.74, 6) is -1.94. The summed E-state index contributed by atoms with van der Waals surface area (Å²) < 4.78 is 56.4. The Hall–Kier alpha value is -3.52. The van der Waals surface area contributed by atoms with Gasteiger partial charge in [-0.05, 0) is 72.8 Å². The molecule has 2 amide bonds. The van der Waals surface area contributed by atoms with Gasteiger partial charge < -0.3 is 0 Å². The summed E-state index contributed by atoms with van der Waals surface area (Å²) in [6.07, 6.45) is 0. The number of nitrogens with one attached hydrogen (secondary N) is 2. The van der Waals surface area contributed by atoms with Crippen LogP contribution in [0.3, 0.4) is 0 Å². The SMILES string of the molecule is O=C(NS(=O)(=O)c1cc(Cl)ccc1N=Nc1ccc(Cl)cc1S(=O)(=O)NC(=O)c1cccc(Cl)c1)c1cccc(Cl)c1. The van der Waals surface area contributed by atoms with Crippen molar-refractivity contribution in [2.45, 2.75) is 9.79 Å². The van der Waals surface area contributed by atoms with Crippen LogP contribution in [0, 0.1) is 0 Å². The third kappa shape index (κ3) is 7.65. The third-order valence-corrected chi connectivity index (χ3v) is 8.98. The van der Waals surface area contributed by atoms with Crippen molar-refractivity contribution < 1.29 is 26.4 Å². The van der Waals surface area contributed by atoms with Gasteiger partial charge in [-0.2, -0.15) is 0 Å². The summed E-state index contributed by atoms with van der Waals surface area (Å²) in [5.41, 5.74) is -0.613. The number of hydrogen-bond acceptors (Lipinski definition) is 8. The van der Waals surface area contributed by atoms with E-state index in [-0.39, 0.29) is 42.6 Å². The molecule has 216 valence electrons. The highest BCUT2D eigenvalue weighted by molar-refractivity contribution is 7.90. The Morgan fingerprint density at radius 3 is 1.24 bits per heavy atom. The third-order valence-electron chi connectivity index (χ3n) is 5.32. The molecule has 0 unspecified atom stereocenters. The lowest BCUT2D eigenvalue weighted by Gasteiger charge is -2.11. The second-order valence-electron chi connectivity index (χ2n) is 8.31. The maximum absolute atomic E-state index is 13.1. The Balaban J connectivity index is 1.68. The van der Waals surface area contributed by atoms with E-state index in [1.165, 1.54) is 72.8 Å². The normalized spacial score (nSPS) is 11.8. The van der Waals surface area contributed by atoms with Gasteiger partial charge in [-0.3, -0.25) is 9.59 Å². The molecule has 42 heavy (non-hydrogen) atoms. The fourth-order valence-electron chi connectivity index (χ4n) is 3.41. The molecular weight excluding hydrogens is 670 g/mol. The Labute approximate surface area is 260 Å². The first kappa shape index (κ1) is 31.4. The van der Waals surface area contributed by atoms with Crippen LogP contribution in [0.4, 0.5) is 11.4 Å². The summed E-state index contributed by atoms with van der Waals surface area (Å²) in [6.45, 7) is 0. The van der Waals surface area contributed by atoms with Crippen molar-refractivity contribution in [3.8, 4) is 0 Å². The molecule has 10 nitrogen and oxygen atoms in total. The van der Waals surface area contributed by atoms with Crippen LogP contribution in [0.2, 0.25) is 20.1 Å². The highest BCUT2D eigenvalue weighted by atomic mass is 35.5. The van der Waals surface area contributed by atoms with Gasteiger partial charge >= 0.3 is 0 Å². The van der Waals surface area contributed by atoms with Crippen LogP contribution in [0.5, 0.6) is 0 Å². The van der Waals surface area contributed by atoms with Gasteiger partial charge in [0, 0.05) is 31.2 Å². The molecule has 0 fully saturated rings. The van der Waals surface area contributed by atoms with E-state index in [1.54, 1.807) is 0 Å². The molecule has 0 aliphatic heterocycles. The monoisotopic (exact) mass is 684 g/mol. The maximum atomic E-state index is 13.1. The zero-order chi connectivity index (χ0) is 30.7. The minimum atomic E-state index is -4.56. The van der Waals surface area contributed by atoms with Gasteiger partial charge in [-0.15, -0.1) is 10.2 Å². The van der Waals surface area contributed by atoms with E-state index in [2.05, 4.69) is 10.2 Å². The molecule has 0 aromatic heterocycles. The number of nitrogens with zero attached hydrogens (tertiary/aromatic N) is 2. The average Bonchev–Trinajstić information content (AvgIpc) is 2.92. The van der Waals surface area contributed by atoms with Gasteiger partial charge in [0.15, 0.2) is 0 Å². The minimum Gasteiger partial charge on any atom is -0.268 e. The molecule has 0 atom stereocenters. The van der Waals surface area contributed by atoms with E-state index in [9.17, 15) is 26.4 Å². The van der Waals surface area contributed by atoms with Crippen molar-refractivity contribution in [2.24, 2.45) is 10.2 Å². The van der Waals surface area contributed by atoms with Crippen LogP contribution in [0.15, 0.2) is 105 Å². The Bertz CT molecular complexity index is 1830. The zero-order valence-electron chi connectivity index (χ0n) is 20.8. The van der Waals surface area contributed by atoms with Gasteiger partial charge in [0.25, 0.3) is 31.9 Å². The van der Waals surface area contributed by atoms with Crippen molar-refractivity contribution in [3.05, 3.63) is 116 Å². The molecule has 0 saturated carbocycles. The highest BCUT2D eigenvalue weighted by Gasteiger charge is 2.25. The molecule has 0 heterocycles. The Kier molecular flexibility index (Phi) is 9.56. The fraction of sp³-hybridized carbons (Fsp3) is 0. The molecule has 16 heteroatoms.